The van der Waals surface area contributed by atoms with Crippen LogP contribution in [0.3, 0.4) is 0 Å². The van der Waals surface area contributed by atoms with Gasteiger partial charge in [0, 0.05) is 6.07 Å². The molecule has 0 aliphatic carbocycles. The van der Waals surface area contributed by atoms with E-state index in [0.717, 1.165) is 0 Å². The third-order valence-electron chi connectivity index (χ3n) is 2.15. The molecule has 0 bridgehead atoms. The molecule has 2 aromatic rings. The average molecular weight is 268 g/mol. The molecule has 0 amide bonds. The zero-order chi connectivity index (χ0) is 13.3. The van der Waals surface area contributed by atoms with Crippen LogP contribution in [0.25, 0.3) is 11.1 Å². The van der Waals surface area contributed by atoms with E-state index in [9.17, 15) is 8.94 Å². The van der Waals surface area contributed by atoms with Crippen molar-refractivity contribution in [2.45, 2.75) is 25.5 Å². The SMILES string of the molecule is CC(C)(C)[S+]([O-])/N=C/c1nc2cc(F)ccc2o1. The standard InChI is InChI=1S/C12H13FN2O2S/c1-12(2,3)18(16)14-7-11-15-9-6-8(13)4-5-10(9)17-11/h4-7H,1-3H3/b14-7+. The van der Waals surface area contributed by atoms with Gasteiger partial charge in [0.05, 0.1) is 0 Å². The van der Waals surface area contributed by atoms with E-state index < -0.39 is 16.1 Å². The van der Waals surface area contributed by atoms with Crippen LogP contribution >= 0.6 is 0 Å². The van der Waals surface area contributed by atoms with Gasteiger partial charge in [0.2, 0.25) is 5.89 Å². The van der Waals surface area contributed by atoms with E-state index >= 15 is 0 Å². The largest absolute Gasteiger partial charge is 0.591 e. The molecular weight excluding hydrogens is 255 g/mol. The van der Waals surface area contributed by atoms with Crippen molar-refractivity contribution in [2.75, 3.05) is 0 Å². The molecule has 1 aromatic carbocycles. The summed E-state index contributed by atoms with van der Waals surface area (Å²) in [5.41, 5.74) is 0.886. The quantitative estimate of drug-likeness (QED) is 0.621. The van der Waals surface area contributed by atoms with Crippen molar-refractivity contribution >= 4 is 28.7 Å². The van der Waals surface area contributed by atoms with Crippen LogP contribution in [0.2, 0.25) is 0 Å². The van der Waals surface area contributed by atoms with Crippen molar-refractivity contribution in [3.8, 4) is 0 Å². The van der Waals surface area contributed by atoms with Crippen molar-refractivity contribution in [2.24, 2.45) is 4.40 Å². The van der Waals surface area contributed by atoms with Gasteiger partial charge in [-0.25, -0.2) is 9.37 Å². The fourth-order valence-electron chi connectivity index (χ4n) is 1.22. The Labute approximate surface area is 107 Å². The lowest BCUT2D eigenvalue weighted by Crippen LogP contribution is -2.25. The number of hydrogen-bond acceptors (Lipinski definition) is 4. The highest BCUT2D eigenvalue weighted by Crippen LogP contribution is 2.18. The summed E-state index contributed by atoms with van der Waals surface area (Å²) in [6.07, 6.45) is 1.30. The number of benzene rings is 1. The summed E-state index contributed by atoms with van der Waals surface area (Å²) in [7, 11) is 0. The lowest BCUT2D eigenvalue weighted by atomic mass is 10.3. The molecule has 0 spiro atoms. The summed E-state index contributed by atoms with van der Waals surface area (Å²) >= 11 is -1.37. The molecule has 0 aliphatic heterocycles. The van der Waals surface area contributed by atoms with E-state index in [2.05, 4.69) is 9.38 Å². The van der Waals surface area contributed by atoms with Crippen LogP contribution in [-0.4, -0.2) is 20.5 Å². The molecule has 1 atom stereocenters. The highest BCUT2D eigenvalue weighted by molar-refractivity contribution is 7.91. The number of nitrogens with zero attached hydrogens (tertiary/aromatic N) is 2. The molecule has 96 valence electrons. The number of halogens is 1. The molecule has 18 heavy (non-hydrogen) atoms. The van der Waals surface area contributed by atoms with Crippen LogP contribution in [0.1, 0.15) is 26.7 Å². The minimum absolute atomic E-state index is 0.216. The topological polar surface area (TPSA) is 61.5 Å². The maximum absolute atomic E-state index is 13.0. The predicted molar refractivity (Wildman–Crippen MR) is 69.5 cm³/mol. The number of oxazole rings is 1. The fourth-order valence-corrected chi connectivity index (χ4v) is 1.73. The van der Waals surface area contributed by atoms with Gasteiger partial charge in [-0.2, -0.15) is 0 Å². The first-order valence-electron chi connectivity index (χ1n) is 5.38. The van der Waals surface area contributed by atoms with Gasteiger partial charge in [0.15, 0.2) is 5.58 Å². The van der Waals surface area contributed by atoms with Gasteiger partial charge >= 0.3 is 0 Å². The maximum atomic E-state index is 13.0. The number of aromatic nitrogens is 1. The Hall–Kier alpha value is -1.40. The highest BCUT2D eigenvalue weighted by Gasteiger charge is 2.26. The molecule has 0 aliphatic rings. The molecule has 1 heterocycles. The summed E-state index contributed by atoms with van der Waals surface area (Å²) in [5, 5.41) is 0. The Bertz CT molecular complexity index is 589. The Kier molecular flexibility index (Phi) is 3.41. The third kappa shape index (κ3) is 2.88. The second-order valence-corrected chi connectivity index (χ2v) is 6.69. The number of fused-ring (bicyclic) bond motifs is 1. The Balaban J connectivity index is 2.25. The molecule has 4 nitrogen and oxygen atoms in total. The second-order valence-electron chi connectivity index (χ2n) is 4.76. The van der Waals surface area contributed by atoms with E-state index in [4.69, 9.17) is 4.42 Å². The van der Waals surface area contributed by atoms with Crippen molar-refractivity contribution in [3.05, 3.63) is 29.9 Å². The van der Waals surface area contributed by atoms with Gasteiger partial charge < -0.3 is 8.97 Å². The van der Waals surface area contributed by atoms with Crippen LogP contribution < -0.4 is 0 Å². The molecule has 1 aromatic heterocycles. The molecule has 0 saturated heterocycles. The summed E-state index contributed by atoms with van der Waals surface area (Å²) in [5.74, 6) is -0.161. The average Bonchev–Trinajstić information content (AvgIpc) is 2.66. The van der Waals surface area contributed by atoms with Gasteiger partial charge in [-0.05, 0) is 32.9 Å². The molecular formula is C12H13FN2O2S. The number of rotatable bonds is 2. The first kappa shape index (κ1) is 13.0. The fraction of sp³-hybridized carbons (Fsp3) is 0.333. The van der Waals surface area contributed by atoms with E-state index in [1.807, 2.05) is 20.8 Å². The summed E-state index contributed by atoms with van der Waals surface area (Å²) in [6, 6.07) is 4.06. The summed E-state index contributed by atoms with van der Waals surface area (Å²) < 4.78 is 33.4. The van der Waals surface area contributed by atoms with Gasteiger partial charge in [-0.1, -0.05) is 4.40 Å². The minimum atomic E-state index is -1.37. The molecule has 0 radical (unpaired) electrons. The minimum Gasteiger partial charge on any atom is -0.591 e. The van der Waals surface area contributed by atoms with E-state index in [0.29, 0.717) is 11.1 Å². The smallest absolute Gasteiger partial charge is 0.243 e. The number of hydrogen-bond donors (Lipinski definition) is 0. The maximum Gasteiger partial charge on any atom is 0.243 e. The van der Waals surface area contributed by atoms with Gasteiger partial charge in [-0.15, -0.1) is 0 Å². The first-order valence-corrected chi connectivity index (χ1v) is 6.49. The van der Waals surface area contributed by atoms with Gasteiger partial charge in [0.1, 0.15) is 33.7 Å². The molecule has 0 fully saturated rings. The Morgan fingerprint density at radius 3 is 2.83 bits per heavy atom. The first-order chi connectivity index (χ1) is 8.36. The van der Waals surface area contributed by atoms with Crippen LogP contribution in [0.5, 0.6) is 0 Å². The van der Waals surface area contributed by atoms with Crippen molar-refractivity contribution in [3.63, 3.8) is 0 Å². The van der Waals surface area contributed by atoms with Crippen molar-refractivity contribution in [1.82, 2.24) is 4.98 Å². The molecule has 2 rings (SSSR count). The predicted octanol–water partition coefficient (Wildman–Crippen LogP) is 2.85. The van der Waals surface area contributed by atoms with Crippen LogP contribution in [-0.2, 0) is 11.4 Å². The van der Waals surface area contributed by atoms with Crippen LogP contribution in [0.15, 0.2) is 27.0 Å². The van der Waals surface area contributed by atoms with E-state index in [-0.39, 0.29) is 11.7 Å². The zero-order valence-electron chi connectivity index (χ0n) is 10.3. The van der Waals surface area contributed by atoms with E-state index in [1.165, 1.54) is 24.4 Å². The van der Waals surface area contributed by atoms with Crippen molar-refractivity contribution in [1.29, 1.82) is 0 Å². The molecule has 1 unspecified atom stereocenters. The van der Waals surface area contributed by atoms with E-state index in [1.54, 1.807) is 0 Å². The molecule has 0 saturated carbocycles. The zero-order valence-corrected chi connectivity index (χ0v) is 11.1. The normalized spacial score (nSPS) is 14.5. The third-order valence-corrected chi connectivity index (χ3v) is 3.49. The van der Waals surface area contributed by atoms with Gasteiger partial charge in [-0.3, -0.25) is 0 Å². The summed E-state index contributed by atoms with van der Waals surface area (Å²) in [4.78, 5) is 4.04. The lowest BCUT2D eigenvalue weighted by Gasteiger charge is -2.17. The molecule has 6 heteroatoms. The van der Waals surface area contributed by atoms with Crippen LogP contribution in [0, 0.1) is 5.82 Å². The monoisotopic (exact) mass is 268 g/mol. The highest BCUT2D eigenvalue weighted by atomic mass is 32.2. The van der Waals surface area contributed by atoms with Crippen molar-refractivity contribution < 1.29 is 13.4 Å². The van der Waals surface area contributed by atoms with Crippen LogP contribution in [0.4, 0.5) is 4.39 Å². The second kappa shape index (κ2) is 4.70. The van der Waals surface area contributed by atoms with Gasteiger partial charge in [0.25, 0.3) is 0 Å². The Morgan fingerprint density at radius 2 is 2.17 bits per heavy atom. The summed E-state index contributed by atoms with van der Waals surface area (Å²) in [6.45, 7) is 5.46. The molecule has 0 N–H and O–H groups in total. The lowest BCUT2D eigenvalue weighted by molar-refractivity contribution is 0.560. The Morgan fingerprint density at radius 1 is 1.44 bits per heavy atom.